The van der Waals surface area contributed by atoms with Crippen LogP contribution >= 0.6 is 0 Å². The Labute approximate surface area is 163 Å². The Kier molecular flexibility index (Phi) is 5.73. The highest BCUT2D eigenvalue weighted by Gasteiger charge is 2.17. The standard InChI is InChI=1S/C23H21F2NO2/c1-14(2)16-8-7-15(3)21(13-16)28-18-11-9-17(10-12-18)26-23(27)22-19(24)5-4-6-20(22)25/h4-14H,1-3H3,(H,26,27). The van der Waals surface area contributed by atoms with Crippen molar-refractivity contribution in [2.24, 2.45) is 0 Å². The zero-order chi connectivity index (χ0) is 20.3. The third kappa shape index (κ3) is 4.36. The van der Waals surface area contributed by atoms with Crippen molar-refractivity contribution in [3.63, 3.8) is 0 Å². The van der Waals surface area contributed by atoms with E-state index in [1.807, 2.05) is 19.1 Å². The number of anilines is 1. The molecule has 1 amide bonds. The summed E-state index contributed by atoms with van der Waals surface area (Å²) in [5.74, 6) is -0.907. The molecule has 0 aromatic heterocycles. The summed E-state index contributed by atoms with van der Waals surface area (Å²) < 4.78 is 33.4. The molecule has 0 saturated heterocycles. The summed E-state index contributed by atoms with van der Waals surface area (Å²) in [7, 11) is 0. The molecule has 0 heterocycles. The summed E-state index contributed by atoms with van der Waals surface area (Å²) in [6, 6.07) is 16.0. The van der Waals surface area contributed by atoms with Crippen molar-refractivity contribution >= 4 is 11.6 Å². The molecule has 0 unspecified atom stereocenters. The fraction of sp³-hybridized carbons (Fsp3) is 0.174. The minimum absolute atomic E-state index is 0.388. The Hall–Kier alpha value is -3.21. The van der Waals surface area contributed by atoms with Crippen LogP contribution in [0, 0.1) is 18.6 Å². The molecule has 0 spiro atoms. The van der Waals surface area contributed by atoms with E-state index in [1.165, 1.54) is 11.6 Å². The predicted molar refractivity (Wildman–Crippen MR) is 106 cm³/mol. The van der Waals surface area contributed by atoms with Crippen LogP contribution in [0.3, 0.4) is 0 Å². The van der Waals surface area contributed by atoms with Gasteiger partial charge in [0, 0.05) is 5.69 Å². The van der Waals surface area contributed by atoms with Crippen LogP contribution in [-0.4, -0.2) is 5.91 Å². The van der Waals surface area contributed by atoms with Crippen LogP contribution in [0.1, 0.15) is 41.3 Å². The summed E-state index contributed by atoms with van der Waals surface area (Å²) in [5, 5.41) is 2.49. The van der Waals surface area contributed by atoms with E-state index in [0.29, 0.717) is 17.4 Å². The van der Waals surface area contributed by atoms with E-state index >= 15 is 0 Å². The first-order chi connectivity index (χ1) is 13.3. The molecule has 0 aliphatic carbocycles. The monoisotopic (exact) mass is 381 g/mol. The second kappa shape index (κ2) is 8.21. The maximum absolute atomic E-state index is 13.7. The number of nitrogens with one attached hydrogen (secondary N) is 1. The Morgan fingerprint density at radius 1 is 0.964 bits per heavy atom. The van der Waals surface area contributed by atoms with Gasteiger partial charge in [0.1, 0.15) is 28.7 Å². The smallest absolute Gasteiger partial charge is 0.261 e. The van der Waals surface area contributed by atoms with Gasteiger partial charge < -0.3 is 10.1 Å². The fourth-order valence-corrected chi connectivity index (χ4v) is 2.73. The first kappa shape index (κ1) is 19.5. The molecular weight excluding hydrogens is 360 g/mol. The van der Waals surface area contributed by atoms with Gasteiger partial charge in [-0.15, -0.1) is 0 Å². The lowest BCUT2D eigenvalue weighted by molar-refractivity contribution is 0.101. The first-order valence-corrected chi connectivity index (χ1v) is 8.99. The second-order valence-electron chi connectivity index (χ2n) is 6.86. The SMILES string of the molecule is Cc1ccc(C(C)C)cc1Oc1ccc(NC(=O)c2c(F)cccc2F)cc1. The van der Waals surface area contributed by atoms with Crippen molar-refractivity contribution in [2.75, 3.05) is 5.32 Å². The number of rotatable bonds is 5. The van der Waals surface area contributed by atoms with Crippen LogP contribution in [0.15, 0.2) is 60.7 Å². The Morgan fingerprint density at radius 2 is 1.61 bits per heavy atom. The predicted octanol–water partition coefficient (Wildman–Crippen LogP) is 6.44. The lowest BCUT2D eigenvalue weighted by atomic mass is 10.0. The first-order valence-electron chi connectivity index (χ1n) is 8.99. The number of carbonyl (C=O) groups excluding carboxylic acids is 1. The van der Waals surface area contributed by atoms with E-state index in [9.17, 15) is 13.6 Å². The number of benzene rings is 3. The van der Waals surface area contributed by atoms with Crippen LogP contribution in [0.4, 0.5) is 14.5 Å². The van der Waals surface area contributed by atoms with Crippen molar-refractivity contribution in [3.8, 4) is 11.5 Å². The molecule has 3 nitrogen and oxygen atoms in total. The number of ether oxygens (including phenoxy) is 1. The summed E-state index contributed by atoms with van der Waals surface area (Å²) in [4.78, 5) is 12.2. The van der Waals surface area contributed by atoms with E-state index in [4.69, 9.17) is 4.74 Å². The molecular formula is C23H21F2NO2. The number of halogens is 2. The third-order valence-electron chi connectivity index (χ3n) is 4.41. The minimum Gasteiger partial charge on any atom is -0.457 e. The van der Waals surface area contributed by atoms with Gasteiger partial charge in [-0.2, -0.15) is 0 Å². The third-order valence-corrected chi connectivity index (χ3v) is 4.41. The van der Waals surface area contributed by atoms with Gasteiger partial charge in [0.15, 0.2) is 0 Å². The van der Waals surface area contributed by atoms with E-state index < -0.39 is 23.1 Å². The molecule has 3 aromatic rings. The highest BCUT2D eigenvalue weighted by Crippen LogP contribution is 2.29. The van der Waals surface area contributed by atoms with E-state index in [0.717, 1.165) is 23.4 Å². The van der Waals surface area contributed by atoms with Crippen LogP contribution in [0.2, 0.25) is 0 Å². The van der Waals surface area contributed by atoms with Gasteiger partial charge in [0.2, 0.25) is 0 Å². The van der Waals surface area contributed by atoms with Crippen molar-refractivity contribution in [1.29, 1.82) is 0 Å². The molecule has 0 saturated carbocycles. The van der Waals surface area contributed by atoms with Gasteiger partial charge in [0.25, 0.3) is 5.91 Å². The van der Waals surface area contributed by atoms with E-state index in [1.54, 1.807) is 24.3 Å². The average Bonchev–Trinajstić information content (AvgIpc) is 2.64. The number of amides is 1. The van der Waals surface area contributed by atoms with Crippen molar-refractivity contribution in [1.82, 2.24) is 0 Å². The Morgan fingerprint density at radius 3 is 2.21 bits per heavy atom. The van der Waals surface area contributed by atoms with Gasteiger partial charge >= 0.3 is 0 Å². The molecule has 0 aliphatic rings. The number of carbonyl (C=O) groups is 1. The maximum atomic E-state index is 13.7. The van der Waals surface area contributed by atoms with Crippen molar-refractivity contribution < 1.29 is 18.3 Å². The second-order valence-corrected chi connectivity index (χ2v) is 6.86. The van der Waals surface area contributed by atoms with E-state index in [2.05, 4.69) is 25.2 Å². The van der Waals surface area contributed by atoms with Crippen LogP contribution in [0.5, 0.6) is 11.5 Å². The van der Waals surface area contributed by atoms with Gasteiger partial charge in [-0.1, -0.05) is 32.0 Å². The van der Waals surface area contributed by atoms with Gasteiger partial charge in [0.05, 0.1) is 0 Å². The highest BCUT2D eigenvalue weighted by atomic mass is 19.1. The molecule has 0 bridgehead atoms. The average molecular weight is 381 g/mol. The number of hydrogen-bond acceptors (Lipinski definition) is 2. The van der Waals surface area contributed by atoms with Gasteiger partial charge in [-0.05, 0) is 66.4 Å². The van der Waals surface area contributed by atoms with Gasteiger partial charge in [-0.3, -0.25) is 4.79 Å². The lowest BCUT2D eigenvalue weighted by Gasteiger charge is -2.13. The van der Waals surface area contributed by atoms with E-state index in [-0.39, 0.29) is 0 Å². The summed E-state index contributed by atoms with van der Waals surface area (Å²) in [5.41, 5.74) is 1.99. The zero-order valence-electron chi connectivity index (χ0n) is 15.9. The van der Waals surface area contributed by atoms with Crippen molar-refractivity contribution in [3.05, 3.63) is 89.0 Å². The van der Waals surface area contributed by atoms with Crippen molar-refractivity contribution in [2.45, 2.75) is 26.7 Å². The molecule has 3 rings (SSSR count). The molecule has 0 fully saturated rings. The fourth-order valence-electron chi connectivity index (χ4n) is 2.73. The molecule has 5 heteroatoms. The Balaban J connectivity index is 1.74. The molecule has 1 N–H and O–H groups in total. The zero-order valence-corrected chi connectivity index (χ0v) is 15.9. The van der Waals surface area contributed by atoms with Gasteiger partial charge in [-0.25, -0.2) is 8.78 Å². The van der Waals surface area contributed by atoms with Crippen LogP contribution in [0.25, 0.3) is 0 Å². The molecule has 144 valence electrons. The summed E-state index contributed by atoms with van der Waals surface area (Å²) in [6.07, 6.45) is 0. The lowest BCUT2D eigenvalue weighted by Crippen LogP contribution is -2.15. The number of aryl methyl sites for hydroxylation is 1. The van der Waals surface area contributed by atoms with Crippen LogP contribution < -0.4 is 10.1 Å². The Bertz CT molecular complexity index is 978. The largest absolute Gasteiger partial charge is 0.457 e. The molecule has 0 radical (unpaired) electrons. The molecule has 3 aromatic carbocycles. The normalized spacial score (nSPS) is 10.8. The molecule has 28 heavy (non-hydrogen) atoms. The highest BCUT2D eigenvalue weighted by molar-refractivity contribution is 6.04. The number of hydrogen-bond donors (Lipinski definition) is 1. The quantitative estimate of drug-likeness (QED) is 0.552. The molecule has 0 aliphatic heterocycles. The summed E-state index contributed by atoms with van der Waals surface area (Å²) >= 11 is 0. The minimum atomic E-state index is -0.905. The molecule has 0 atom stereocenters. The summed E-state index contributed by atoms with van der Waals surface area (Å²) in [6.45, 7) is 6.20. The maximum Gasteiger partial charge on any atom is 0.261 e. The topological polar surface area (TPSA) is 38.3 Å². The van der Waals surface area contributed by atoms with Crippen LogP contribution in [-0.2, 0) is 0 Å².